The van der Waals surface area contributed by atoms with Gasteiger partial charge in [0.15, 0.2) is 0 Å². The lowest BCUT2D eigenvalue weighted by molar-refractivity contribution is -0.122. The predicted octanol–water partition coefficient (Wildman–Crippen LogP) is 3.00. The first kappa shape index (κ1) is 17.7. The topological polar surface area (TPSA) is 58.2 Å². The molecule has 2 amide bonds. The third-order valence-electron chi connectivity index (χ3n) is 3.83. The zero-order chi connectivity index (χ0) is 17.2. The number of nitrogens with one attached hydrogen (secondary N) is 2. The second-order valence-electron chi connectivity index (χ2n) is 5.79. The van der Waals surface area contributed by atoms with Gasteiger partial charge in [0.25, 0.3) is 0 Å². The number of carbonyl (C=O) groups excluding carboxylic acids is 2. The fraction of sp³-hybridized carbons (Fsp3) is 0.300. The van der Waals surface area contributed by atoms with E-state index in [9.17, 15) is 9.59 Å². The Hall–Kier alpha value is -2.62. The van der Waals surface area contributed by atoms with Gasteiger partial charge in [-0.1, -0.05) is 60.7 Å². The zero-order valence-corrected chi connectivity index (χ0v) is 14.0. The van der Waals surface area contributed by atoms with E-state index in [-0.39, 0.29) is 24.3 Å². The molecule has 0 saturated heterocycles. The number of hydrogen-bond donors (Lipinski definition) is 2. The fourth-order valence-corrected chi connectivity index (χ4v) is 2.58. The van der Waals surface area contributed by atoms with Gasteiger partial charge in [-0.15, -0.1) is 0 Å². The summed E-state index contributed by atoms with van der Waals surface area (Å²) in [5, 5.41) is 5.73. The van der Waals surface area contributed by atoms with E-state index in [1.165, 1.54) is 12.5 Å². The minimum absolute atomic E-state index is 0.0313. The Morgan fingerprint density at radius 2 is 1.58 bits per heavy atom. The molecule has 0 radical (unpaired) electrons. The molecule has 0 aliphatic rings. The van der Waals surface area contributed by atoms with E-state index < -0.39 is 0 Å². The van der Waals surface area contributed by atoms with Crippen LogP contribution in [0.3, 0.4) is 0 Å². The summed E-state index contributed by atoms with van der Waals surface area (Å²) in [6, 6.07) is 20.2. The van der Waals surface area contributed by atoms with Crippen LogP contribution in [-0.4, -0.2) is 18.4 Å². The first-order valence-corrected chi connectivity index (χ1v) is 8.28. The van der Waals surface area contributed by atoms with Gasteiger partial charge in [0.2, 0.25) is 11.8 Å². The molecule has 2 rings (SSSR count). The molecule has 0 spiro atoms. The third kappa shape index (κ3) is 6.24. The lowest BCUT2D eigenvalue weighted by Gasteiger charge is -2.19. The summed E-state index contributed by atoms with van der Waals surface area (Å²) in [7, 11) is 0. The summed E-state index contributed by atoms with van der Waals surface area (Å²) in [5.41, 5.74) is 2.35. The molecule has 1 unspecified atom stereocenters. The van der Waals surface area contributed by atoms with Crippen molar-refractivity contribution in [3.05, 3.63) is 71.8 Å². The summed E-state index contributed by atoms with van der Waals surface area (Å²) in [4.78, 5) is 23.0. The Morgan fingerprint density at radius 1 is 0.958 bits per heavy atom. The Labute approximate surface area is 143 Å². The predicted molar refractivity (Wildman–Crippen MR) is 95.4 cm³/mol. The molecule has 0 aromatic heterocycles. The summed E-state index contributed by atoms with van der Waals surface area (Å²) in [5.74, 6) is -0.169. The molecule has 0 fully saturated rings. The number of hydrogen-bond acceptors (Lipinski definition) is 2. The van der Waals surface area contributed by atoms with Crippen molar-refractivity contribution in [1.29, 1.82) is 0 Å². The van der Waals surface area contributed by atoms with Crippen LogP contribution in [0, 0.1) is 0 Å². The Bertz CT molecular complexity index is 641. The van der Waals surface area contributed by atoms with Gasteiger partial charge in [-0.05, 0) is 24.0 Å². The van der Waals surface area contributed by atoms with Crippen molar-refractivity contribution in [2.75, 3.05) is 6.54 Å². The minimum Gasteiger partial charge on any atom is -0.356 e. The van der Waals surface area contributed by atoms with Crippen LogP contribution >= 0.6 is 0 Å². The van der Waals surface area contributed by atoms with Gasteiger partial charge in [-0.3, -0.25) is 9.59 Å². The summed E-state index contributed by atoms with van der Waals surface area (Å²) in [6.07, 6.45) is 2.01. The quantitative estimate of drug-likeness (QED) is 0.784. The van der Waals surface area contributed by atoms with E-state index in [1.807, 2.05) is 48.5 Å². The monoisotopic (exact) mass is 324 g/mol. The smallest absolute Gasteiger partial charge is 0.222 e. The van der Waals surface area contributed by atoms with Crippen LogP contribution in [0.5, 0.6) is 0 Å². The molecular formula is C20H24N2O2. The first-order valence-electron chi connectivity index (χ1n) is 8.28. The van der Waals surface area contributed by atoms with Crippen molar-refractivity contribution in [3.8, 4) is 0 Å². The van der Waals surface area contributed by atoms with Gasteiger partial charge >= 0.3 is 0 Å². The van der Waals surface area contributed by atoms with Crippen LogP contribution in [0.15, 0.2) is 60.7 Å². The normalized spacial score (nSPS) is 11.5. The van der Waals surface area contributed by atoms with E-state index in [4.69, 9.17) is 0 Å². The third-order valence-corrected chi connectivity index (χ3v) is 3.83. The van der Waals surface area contributed by atoms with Crippen molar-refractivity contribution in [2.45, 2.75) is 32.2 Å². The summed E-state index contributed by atoms with van der Waals surface area (Å²) < 4.78 is 0. The van der Waals surface area contributed by atoms with Gasteiger partial charge in [-0.2, -0.15) is 0 Å². The standard InChI is InChI=1S/C20H24N2O2/c1-16(23)21-15-14-20(24)22-19(18-10-6-3-7-11-18)13-12-17-8-4-2-5-9-17/h2-11,19H,12-15H2,1H3,(H,21,23)(H,22,24). The average Bonchev–Trinajstić information content (AvgIpc) is 2.60. The van der Waals surface area contributed by atoms with Crippen LogP contribution in [0.25, 0.3) is 0 Å². The zero-order valence-electron chi connectivity index (χ0n) is 14.0. The lowest BCUT2D eigenvalue weighted by Crippen LogP contribution is -2.32. The Balaban J connectivity index is 1.95. The molecule has 2 aromatic carbocycles. The molecule has 0 aliphatic heterocycles. The van der Waals surface area contributed by atoms with Gasteiger partial charge in [0.05, 0.1) is 6.04 Å². The van der Waals surface area contributed by atoms with Crippen molar-refractivity contribution in [3.63, 3.8) is 0 Å². The highest BCUT2D eigenvalue weighted by Gasteiger charge is 2.14. The van der Waals surface area contributed by atoms with E-state index in [0.717, 1.165) is 18.4 Å². The second kappa shape index (κ2) is 9.50. The number of carbonyl (C=O) groups is 2. The average molecular weight is 324 g/mol. The highest BCUT2D eigenvalue weighted by Crippen LogP contribution is 2.19. The second-order valence-corrected chi connectivity index (χ2v) is 5.79. The maximum Gasteiger partial charge on any atom is 0.222 e. The molecule has 126 valence electrons. The van der Waals surface area contributed by atoms with Crippen LogP contribution in [0.2, 0.25) is 0 Å². The SMILES string of the molecule is CC(=O)NCCC(=O)NC(CCc1ccccc1)c1ccccc1. The van der Waals surface area contributed by atoms with E-state index in [0.29, 0.717) is 6.54 Å². The number of rotatable bonds is 8. The van der Waals surface area contributed by atoms with Crippen LogP contribution in [0.1, 0.15) is 36.9 Å². The van der Waals surface area contributed by atoms with Crippen molar-refractivity contribution < 1.29 is 9.59 Å². The number of amides is 2. The molecule has 24 heavy (non-hydrogen) atoms. The number of benzene rings is 2. The van der Waals surface area contributed by atoms with Crippen LogP contribution in [-0.2, 0) is 16.0 Å². The lowest BCUT2D eigenvalue weighted by atomic mass is 9.99. The van der Waals surface area contributed by atoms with Gasteiger partial charge < -0.3 is 10.6 Å². The molecule has 1 atom stereocenters. The number of aryl methyl sites for hydroxylation is 1. The molecule has 0 heterocycles. The maximum absolute atomic E-state index is 12.2. The minimum atomic E-state index is -0.119. The molecule has 2 aromatic rings. The highest BCUT2D eigenvalue weighted by atomic mass is 16.2. The Kier molecular flexibility index (Phi) is 7.02. The first-order chi connectivity index (χ1) is 11.6. The fourth-order valence-electron chi connectivity index (χ4n) is 2.58. The van der Waals surface area contributed by atoms with E-state index in [1.54, 1.807) is 0 Å². The van der Waals surface area contributed by atoms with Crippen molar-refractivity contribution >= 4 is 11.8 Å². The van der Waals surface area contributed by atoms with Gasteiger partial charge in [-0.25, -0.2) is 0 Å². The summed E-state index contributed by atoms with van der Waals surface area (Å²) in [6.45, 7) is 1.81. The molecular weight excluding hydrogens is 300 g/mol. The van der Waals surface area contributed by atoms with Gasteiger partial charge in [0, 0.05) is 19.9 Å². The molecule has 4 nitrogen and oxygen atoms in total. The molecule has 0 bridgehead atoms. The largest absolute Gasteiger partial charge is 0.356 e. The molecule has 4 heteroatoms. The Morgan fingerprint density at radius 3 is 2.21 bits per heavy atom. The molecule has 0 aliphatic carbocycles. The molecule has 0 saturated carbocycles. The summed E-state index contributed by atoms with van der Waals surface area (Å²) >= 11 is 0. The van der Waals surface area contributed by atoms with Crippen LogP contribution < -0.4 is 10.6 Å². The molecule has 2 N–H and O–H groups in total. The van der Waals surface area contributed by atoms with Crippen LogP contribution in [0.4, 0.5) is 0 Å². The highest BCUT2D eigenvalue weighted by molar-refractivity contribution is 5.78. The van der Waals surface area contributed by atoms with Gasteiger partial charge in [0.1, 0.15) is 0 Å². The van der Waals surface area contributed by atoms with E-state index in [2.05, 4.69) is 22.8 Å². The van der Waals surface area contributed by atoms with Crippen molar-refractivity contribution in [2.24, 2.45) is 0 Å². The van der Waals surface area contributed by atoms with E-state index >= 15 is 0 Å². The maximum atomic E-state index is 12.2. The van der Waals surface area contributed by atoms with Crippen molar-refractivity contribution in [1.82, 2.24) is 10.6 Å².